The van der Waals surface area contributed by atoms with Gasteiger partial charge in [-0.15, -0.1) is 0 Å². The summed E-state index contributed by atoms with van der Waals surface area (Å²) in [5.74, 6) is -0.474. The Hall–Kier alpha value is -3.07. The van der Waals surface area contributed by atoms with Gasteiger partial charge in [0, 0.05) is 13.1 Å². The zero-order valence-corrected chi connectivity index (χ0v) is 20.0. The molecule has 0 fully saturated rings. The lowest BCUT2D eigenvalue weighted by molar-refractivity contribution is -0.139. The van der Waals surface area contributed by atoms with Crippen molar-refractivity contribution in [3.05, 3.63) is 59.7 Å². The number of benzene rings is 2. The van der Waals surface area contributed by atoms with Crippen LogP contribution in [0, 0.1) is 6.92 Å². The van der Waals surface area contributed by atoms with Gasteiger partial charge in [0.15, 0.2) is 0 Å². The maximum atomic E-state index is 13.4. The van der Waals surface area contributed by atoms with Crippen LogP contribution in [0.2, 0.25) is 0 Å². The average molecular weight is 462 g/mol. The number of carbonyl (C=O) groups is 2. The van der Waals surface area contributed by atoms with Gasteiger partial charge in [0.25, 0.3) is 0 Å². The molecule has 0 aromatic heterocycles. The molecule has 0 saturated carbocycles. The van der Waals surface area contributed by atoms with E-state index in [0.717, 1.165) is 21.7 Å². The van der Waals surface area contributed by atoms with Gasteiger partial charge in [-0.3, -0.25) is 13.9 Å². The topological polar surface area (TPSA) is 96.0 Å². The molecule has 1 N–H and O–H groups in total. The molecule has 2 aromatic carbocycles. The van der Waals surface area contributed by atoms with Crippen LogP contribution < -0.4 is 14.4 Å². The largest absolute Gasteiger partial charge is 0.495 e. The minimum absolute atomic E-state index is 0.167. The van der Waals surface area contributed by atoms with E-state index in [-0.39, 0.29) is 18.1 Å². The molecule has 2 rings (SSSR count). The summed E-state index contributed by atoms with van der Waals surface area (Å²) in [6.07, 6.45) is 1.04. The summed E-state index contributed by atoms with van der Waals surface area (Å²) < 4.78 is 31.7. The molecule has 0 spiro atoms. The number of carbonyl (C=O) groups excluding carboxylic acids is 2. The highest BCUT2D eigenvalue weighted by atomic mass is 32.2. The molecule has 0 saturated heterocycles. The third kappa shape index (κ3) is 6.46. The molecule has 1 atom stereocenters. The number of anilines is 1. The number of nitrogens with one attached hydrogen (secondary N) is 1. The van der Waals surface area contributed by atoms with E-state index in [4.69, 9.17) is 4.74 Å². The minimum atomic E-state index is -3.82. The Morgan fingerprint density at radius 3 is 2.34 bits per heavy atom. The van der Waals surface area contributed by atoms with E-state index < -0.39 is 28.5 Å². The van der Waals surface area contributed by atoms with E-state index in [0.29, 0.717) is 12.3 Å². The van der Waals surface area contributed by atoms with E-state index in [9.17, 15) is 18.0 Å². The molecule has 8 nitrogen and oxygen atoms in total. The van der Waals surface area contributed by atoms with Gasteiger partial charge in [-0.1, -0.05) is 36.4 Å². The lowest BCUT2D eigenvalue weighted by Gasteiger charge is -2.31. The molecular formula is C23H31N3O5S. The first-order chi connectivity index (χ1) is 15.1. The molecule has 0 aliphatic heterocycles. The summed E-state index contributed by atoms with van der Waals surface area (Å²) in [7, 11) is -2.38. The van der Waals surface area contributed by atoms with Gasteiger partial charge in [0.2, 0.25) is 21.8 Å². The number of hydrogen-bond donors (Lipinski definition) is 1. The molecule has 2 aromatic rings. The van der Waals surface area contributed by atoms with Crippen LogP contribution in [0.4, 0.5) is 5.69 Å². The zero-order chi connectivity index (χ0) is 23.9. The zero-order valence-electron chi connectivity index (χ0n) is 19.2. The van der Waals surface area contributed by atoms with E-state index in [1.54, 1.807) is 32.0 Å². The van der Waals surface area contributed by atoms with Crippen molar-refractivity contribution in [1.82, 2.24) is 10.2 Å². The van der Waals surface area contributed by atoms with Crippen LogP contribution in [-0.2, 0) is 26.2 Å². The summed E-state index contributed by atoms with van der Waals surface area (Å²) in [4.78, 5) is 27.3. The maximum Gasteiger partial charge on any atom is 0.244 e. The van der Waals surface area contributed by atoms with Crippen molar-refractivity contribution in [3.63, 3.8) is 0 Å². The second-order valence-corrected chi connectivity index (χ2v) is 9.43. The minimum Gasteiger partial charge on any atom is -0.495 e. The second kappa shape index (κ2) is 11.0. The van der Waals surface area contributed by atoms with Gasteiger partial charge in [0.05, 0.1) is 19.1 Å². The van der Waals surface area contributed by atoms with Crippen LogP contribution in [0.5, 0.6) is 5.75 Å². The number of methoxy groups -OCH3 is 1. The van der Waals surface area contributed by atoms with Crippen LogP contribution in [-0.4, -0.2) is 57.6 Å². The predicted molar refractivity (Wildman–Crippen MR) is 125 cm³/mol. The molecule has 2 amide bonds. The first-order valence-electron chi connectivity index (χ1n) is 10.3. The highest BCUT2D eigenvalue weighted by molar-refractivity contribution is 7.92. The Morgan fingerprint density at radius 2 is 1.78 bits per heavy atom. The molecule has 0 heterocycles. The summed E-state index contributed by atoms with van der Waals surface area (Å²) in [6.45, 7) is 5.37. The van der Waals surface area contributed by atoms with Crippen LogP contribution in [0.1, 0.15) is 25.0 Å². The fourth-order valence-corrected chi connectivity index (χ4v) is 4.12. The van der Waals surface area contributed by atoms with E-state index in [2.05, 4.69) is 5.32 Å². The number of amides is 2. The molecule has 174 valence electrons. The third-order valence-electron chi connectivity index (χ3n) is 5.00. The van der Waals surface area contributed by atoms with Gasteiger partial charge in [-0.2, -0.15) is 0 Å². The number of nitrogens with zero attached hydrogens (tertiary/aromatic N) is 2. The number of rotatable bonds is 10. The Labute approximate surface area is 190 Å². The van der Waals surface area contributed by atoms with Crippen molar-refractivity contribution in [2.24, 2.45) is 0 Å². The first kappa shape index (κ1) is 25.2. The van der Waals surface area contributed by atoms with Crippen molar-refractivity contribution in [2.75, 3.05) is 30.8 Å². The second-order valence-electron chi connectivity index (χ2n) is 7.52. The molecule has 9 heteroatoms. The molecule has 0 bridgehead atoms. The SMILES string of the molecule is CCNC(=O)[C@@H](C)N(Cc1ccccc1)C(=O)CN(c1cc(C)ccc1OC)S(C)(=O)=O. The fourth-order valence-electron chi connectivity index (χ4n) is 3.27. The average Bonchev–Trinajstić information content (AvgIpc) is 2.75. The lowest BCUT2D eigenvalue weighted by atomic mass is 10.1. The molecule has 0 radical (unpaired) electrons. The van der Waals surface area contributed by atoms with Crippen LogP contribution in [0.3, 0.4) is 0 Å². The standard InChI is InChI=1S/C23H31N3O5S/c1-6-24-23(28)18(3)25(15-19-10-8-7-9-11-19)22(27)16-26(32(5,29)30)20-14-17(2)12-13-21(20)31-4/h7-14,18H,6,15-16H2,1-5H3,(H,24,28)/t18-/m1/s1. The Balaban J connectivity index is 2.44. The number of hydrogen-bond acceptors (Lipinski definition) is 5. The van der Waals surface area contributed by atoms with Gasteiger partial charge in [-0.25, -0.2) is 8.42 Å². The Kier molecular flexibility index (Phi) is 8.65. The Morgan fingerprint density at radius 1 is 1.12 bits per heavy atom. The van der Waals surface area contributed by atoms with Crippen molar-refractivity contribution >= 4 is 27.5 Å². The normalized spacial score (nSPS) is 12.0. The predicted octanol–water partition coefficient (Wildman–Crippen LogP) is 2.32. The van der Waals surface area contributed by atoms with Crippen LogP contribution in [0.15, 0.2) is 48.5 Å². The highest BCUT2D eigenvalue weighted by Gasteiger charge is 2.31. The van der Waals surface area contributed by atoms with E-state index in [1.165, 1.54) is 12.0 Å². The smallest absolute Gasteiger partial charge is 0.244 e. The molecule has 0 unspecified atom stereocenters. The van der Waals surface area contributed by atoms with Crippen LogP contribution >= 0.6 is 0 Å². The molecule has 0 aliphatic rings. The van der Waals surface area contributed by atoms with E-state index in [1.807, 2.05) is 37.3 Å². The van der Waals surface area contributed by atoms with Crippen molar-refractivity contribution in [3.8, 4) is 5.75 Å². The monoisotopic (exact) mass is 461 g/mol. The van der Waals surface area contributed by atoms with Crippen LogP contribution in [0.25, 0.3) is 0 Å². The van der Waals surface area contributed by atoms with Gasteiger partial charge >= 0.3 is 0 Å². The first-order valence-corrected chi connectivity index (χ1v) is 12.2. The van der Waals surface area contributed by atoms with Crippen molar-refractivity contribution in [1.29, 1.82) is 0 Å². The fraction of sp³-hybridized carbons (Fsp3) is 0.391. The number of ether oxygens (including phenoxy) is 1. The maximum absolute atomic E-state index is 13.4. The summed E-state index contributed by atoms with van der Waals surface area (Å²) in [5, 5.41) is 2.72. The third-order valence-corrected chi connectivity index (χ3v) is 6.12. The van der Waals surface area contributed by atoms with Gasteiger partial charge in [-0.05, 0) is 44.0 Å². The number of aryl methyl sites for hydroxylation is 1. The quantitative estimate of drug-likeness (QED) is 0.586. The van der Waals surface area contributed by atoms with Gasteiger partial charge < -0.3 is 15.0 Å². The summed E-state index contributed by atoms with van der Waals surface area (Å²) in [5.41, 5.74) is 1.92. The molecule has 0 aliphatic carbocycles. The number of sulfonamides is 1. The van der Waals surface area contributed by atoms with Crippen molar-refractivity contribution in [2.45, 2.75) is 33.4 Å². The van der Waals surface area contributed by atoms with Gasteiger partial charge in [0.1, 0.15) is 18.3 Å². The van der Waals surface area contributed by atoms with Crippen molar-refractivity contribution < 1.29 is 22.7 Å². The molecule has 32 heavy (non-hydrogen) atoms. The molecular weight excluding hydrogens is 430 g/mol. The highest BCUT2D eigenvalue weighted by Crippen LogP contribution is 2.31. The Bertz CT molecular complexity index is 1040. The summed E-state index contributed by atoms with van der Waals surface area (Å²) >= 11 is 0. The number of likely N-dealkylation sites (N-methyl/N-ethyl adjacent to an activating group) is 1. The summed E-state index contributed by atoms with van der Waals surface area (Å²) in [6, 6.07) is 13.6. The lowest BCUT2D eigenvalue weighted by Crippen LogP contribution is -2.51. The van der Waals surface area contributed by atoms with E-state index >= 15 is 0 Å².